The molecule has 13 heavy (non-hydrogen) atoms. The highest BCUT2D eigenvalue weighted by Crippen LogP contribution is 2.14. The van der Waals surface area contributed by atoms with Crippen LogP contribution in [-0.4, -0.2) is 16.7 Å². The summed E-state index contributed by atoms with van der Waals surface area (Å²) in [5, 5.41) is 8.50. The van der Waals surface area contributed by atoms with Gasteiger partial charge in [0.15, 0.2) is 0 Å². The Kier molecular flexibility index (Phi) is 3.86. The van der Waals surface area contributed by atoms with Crippen molar-refractivity contribution in [2.75, 3.05) is 6.61 Å². The average molecular weight is 202 g/mol. The van der Waals surface area contributed by atoms with Gasteiger partial charge in [0.05, 0.1) is 5.02 Å². The molecule has 0 saturated carbocycles. The summed E-state index contributed by atoms with van der Waals surface area (Å²) in [5.41, 5.74) is 0.722. The molecule has 0 spiro atoms. The first-order valence-electron chi connectivity index (χ1n) is 3.82. The predicted octanol–water partition coefficient (Wildman–Crippen LogP) is 2.27. The molecule has 0 atom stereocenters. The van der Waals surface area contributed by atoms with Crippen LogP contribution in [-0.2, 0) is 0 Å². The van der Waals surface area contributed by atoms with Crippen LogP contribution in [0, 0.1) is 5.95 Å². The van der Waals surface area contributed by atoms with E-state index >= 15 is 0 Å². The third-order valence-corrected chi connectivity index (χ3v) is 1.69. The van der Waals surface area contributed by atoms with E-state index in [9.17, 15) is 4.39 Å². The molecule has 1 rings (SSSR count). The Bertz CT molecular complexity index is 314. The van der Waals surface area contributed by atoms with Gasteiger partial charge in [0, 0.05) is 12.8 Å². The lowest BCUT2D eigenvalue weighted by atomic mass is 10.2. The van der Waals surface area contributed by atoms with Crippen molar-refractivity contribution in [2.24, 2.45) is 0 Å². The number of aliphatic hydroxyl groups excluding tert-OH is 1. The number of halogens is 2. The smallest absolute Gasteiger partial charge is 0.231 e. The lowest BCUT2D eigenvalue weighted by Gasteiger charge is -1.94. The monoisotopic (exact) mass is 201 g/mol. The Morgan fingerprint density at radius 1 is 1.62 bits per heavy atom. The fraction of sp³-hybridized carbons (Fsp3) is 0.222. The molecule has 4 heteroatoms. The van der Waals surface area contributed by atoms with Gasteiger partial charge in [-0.25, -0.2) is 4.98 Å². The van der Waals surface area contributed by atoms with Gasteiger partial charge in [0.25, 0.3) is 0 Å². The summed E-state index contributed by atoms with van der Waals surface area (Å²) in [5.74, 6) is -0.666. The maximum atomic E-state index is 12.6. The zero-order valence-electron chi connectivity index (χ0n) is 6.87. The van der Waals surface area contributed by atoms with Crippen LogP contribution in [0.2, 0.25) is 5.02 Å². The van der Waals surface area contributed by atoms with Crippen LogP contribution >= 0.6 is 11.6 Å². The van der Waals surface area contributed by atoms with Gasteiger partial charge < -0.3 is 5.11 Å². The third-order valence-electron chi connectivity index (χ3n) is 1.42. The number of pyridine rings is 1. The SMILES string of the molecule is OCCC=Cc1cnc(F)c(Cl)c1. The Labute approximate surface area is 80.7 Å². The van der Waals surface area contributed by atoms with E-state index in [0.29, 0.717) is 6.42 Å². The molecule has 0 amide bonds. The molecule has 0 bridgehead atoms. The molecule has 0 aliphatic carbocycles. The third kappa shape index (κ3) is 3.13. The maximum absolute atomic E-state index is 12.6. The zero-order chi connectivity index (χ0) is 9.68. The highest BCUT2D eigenvalue weighted by Gasteiger charge is 1.99. The summed E-state index contributed by atoms with van der Waals surface area (Å²) in [7, 11) is 0. The molecule has 1 N–H and O–H groups in total. The van der Waals surface area contributed by atoms with E-state index < -0.39 is 5.95 Å². The zero-order valence-corrected chi connectivity index (χ0v) is 7.63. The van der Waals surface area contributed by atoms with Gasteiger partial charge in [-0.2, -0.15) is 4.39 Å². The van der Waals surface area contributed by atoms with Gasteiger partial charge in [-0.1, -0.05) is 23.8 Å². The lowest BCUT2D eigenvalue weighted by molar-refractivity contribution is 0.303. The van der Waals surface area contributed by atoms with Gasteiger partial charge in [0.1, 0.15) is 0 Å². The Balaban J connectivity index is 2.73. The molecule has 1 aromatic heterocycles. The Hall–Kier alpha value is -0.930. The summed E-state index contributed by atoms with van der Waals surface area (Å²) in [6.07, 6.45) is 5.45. The lowest BCUT2D eigenvalue weighted by Crippen LogP contribution is -1.84. The molecular formula is C9H9ClFNO. The van der Waals surface area contributed by atoms with Crippen molar-refractivity contribution in [2.45, 2.75) is 6.42 Å². The van der Waals surface area contributed by atoms with Crippen molar-refractivity contribution in [1.29, 1.82) is 0 Å². The first-order chi connectivity index (χ1) is 6.24. The predicted molar refractivity (Wildman–Crippen MR) is 49.9 cm³/mol. The van der Waals surface area contributed by atoms with Crippen molar-refractivity contribution in [3.8, 4) is 0 Å². The Morgan fingerprint density at radius 2 is 2.38 bits per heavy atom. The number of rotatable bonds is 3. The quantitative estimate of drug-likeness (QED) is 0.762. The normalized spacial score (nSPS) is 11.0. The number of hydrogen-bond acceptors (Lipinski definition) is 2. The first-order valence-corrected chi connectivity index (χ1v) is 4.20. The highest BCUT2D eigenvalue weighted by molar-refractivity contribution is 6.30. The fourth-order valence-corrected chi connectivity index (χ4v) is 0.996. The first kappa shape index (κ1) is 10.2. The van der Waals surface area contributed by atoms with Crippen LogP contribution in [0.15, 0.2) is 18.3 Å². The fourth-order valence-electron chi connectivity index (χ4n) is 0.821. The molecule has 1 heterocycles. The van der Waals surface area contributed by atoms with Gasteiger partial charge in [-0.3, -0.25) is 0 Å². The molecular weight excluding hydrogens is 193 g/mol. The maximum Gasteiger partial charge on any atom is 0.231 e. The summed E-state index contributed by atoms with van der Waals surface area (Å²) >= 11 is 5.51. The summed E-state index contributed by atoms with van der Waals surface area (Å²) in [6, 6.07) is 1.48. The summed E-state index contributed by atoms with van der Waals surface area (Å²) in [6.45, 7) is 0.0961. The summed E-state index contributed by atoms with van der Waals surface area (Å²) in [4.78, 5) is 3.45. The van der Waals surface area contributed by atoms with E-state index in [0.717, 1.165) is 5.56 Å². The Morgan fingerprint density at radius 3 is 3.00 bits per heavy atom. The van der Waals surface area contributed by atoms with Crippen LogP contribution in [0.3, 0.4) is 0 Å². The standard InChI is InChI=1S/C9H9ClFNO/c10-8-5-7(3-1-2-4-13)6-12-9(8)11/h1,3,5-6,13H,2,4H2. The number of nitrogens with zero attached hydrogens (tertiary/aromatic N) is 1. The van der Waals surface area contributed by atoms with Crippen molar-refractivity contribution >= 4 is 17.7 Å². The van der Waals surface area contributed by atoms with Gasteiger partial charge in [0.2, 0.25) is 5.95 Å². The minimum Gasteiger partial charge on any atom is -0.396 e. The van der Waals surface area contributed by atoms with Crippen molar-refractivity contribution in [3.05, 3.63) is 34.9 Å². The van der Waals surface area contributed by atoms with E-state index in [1.54, 1.807) is 12.2 Å². The topological polar surface area (TPSA) is 33.1 Å². The van der Waals surface area contributed by atoms with Crippen molar-refractivity contribution < 1.29 is 9.50 Å². The average Bonchev–Trinajstić information content (AvgIpc) is 2.12. The van der Waals surface area contributed by atoms with E-state index in [1.165, 1.54) is 12.3 Å². The summed E-state index contributed by atoms with van der Waals surface area (Å²) < 4.78 is 12.6. The van der Waals surface area contributed by atoms with Crippen LogP contribution in [0.25, 0.3) is 6.08 Å². The molecule has 0 aliphatic rings. The molecule has 0 aromatic carbocycles. The minimum absolute atomic E-state index is 0.00569. The van der Waals surface area contributed by atoms with E-state index in [2.05, 4.69) is 4.98 Å². The second-order valence-electron chi connectivity index (χ2n) is 2.46. The molecule has 0 fully saturated rings. The molecule has 2 nitrogen and oxygen atoms in total. The number of aliphatic hydroxyl groups is 1. The van der Waals surface area contributed by atoms with Gasteiger partial charge in [-0.05, 0) is 18.1 Å². The van der Waals surface area contributed by atoms with Crippen LogP contribution in [0.5, 0.6) is 0 Å². The van der Waals surface area contributed by atoms with E-state index in [1.807, 2.05) is 0 Å². The second kappa shape index (κ2) is 4.94. The molecule has 70 valence electrons. The van der Waals surface area contributed by atoms with Crippen molar-refractivity contribution in [3.63, 3.8) is 0 Å². The largest absolute Gasteiger partial charge is 0.396 e. The van der Waals surface area contributed by atoms with Crippen LogP contribution < -0.4 is 0 Å². The van der Waals surface area contributed by atoms with Gasteiger partial charge >= 0.3 is 0 Å². The molecule has 0 unspecified atom stereocenters. The number of hydrogen-bond donors (Lipinski definition) is 1. The molecule has 0 aliphatic heterocycles. The van der Waals surface area contributed by atoms with Crippen molar-refractivity contribution in [1.82, 2.24) is 4.98 Å². The molecule has 0 radical (unpaired) electrons. The van der Waals surface area contributed by atoms with Crippen LogP contribution in [0.1, 0.15) is 12.0 Å². The number of aromatic nitrogens is 1. The van der Waals surface area contributed by atoms with E-state index in [4.69, 9.17) is 16.7 Å². The molecule has 0 saturated heterocycles. The minimum atomic E-state index is -0.666. The van der Waals surface area contributed by atoms with E-state index in [-0.39, 0.29) is 11.6 Å². The van der Waals surface area contributed by atoms with Gasteiger partial charge in [-0.15, -0.1) is 0 Å². The highest BCUT2D eigenvalue weighted by atomic mass is 35.5. The second-order valence-corrected chi connectivity index (χ2v) is 2.86. The molecule has 1 aromatic rings. The van der Waals surface area contributed by atoms with Crippen LogP contribution in [0.4, 0.5) is 4.39 Å².